The molecule has 8 nitrogen and oxygen atoms in total. The Bertz CT molecular complexity index is 793. The molecule has 0 spiro atoms. The molecule has 1 aromatic carbocycles. The van der Waals surface area contributed by atoms with Gasteiger partial charge in [0.25, 0.3) is 0 Å². The third-order valence-electron chi connectivity index (χ3n) is 5.20. The highest BCUT2D eigenvalue weighted by Crippen LogP contribution is 2.28. The SMILES string of the molecule is CCOC(=O)[C@H]1CCCN(CC2=C(C(=O)OC)[C@H](c3ccccc3)NC(=O)N2)C1. The highest BCUT2D eigenvalue weighted by Gasteiger charge is 2.35. The molecule has 0 bridgehead atoms. The monoisotopic (exact) mass is 401 g/mol. The minimum Gasteiger partial charge on any atom is -0.466 e. The molecular formula is C21H27N3O5. The number of urea groups is 1. The number of ether oxygens (including phenoxy) is 2. The number of methoxy groups -OCH3 is 1. The van der Waals surface area contributed by atoms with E-state index in [2.05, 4.69) is 15.5 Å². The predicted molar refractivity (Wildman–Crippen MR) is 106 cm³/mol. The first-order valence-corrected chi connectivity index (χ1v) is 9.86. The van der Waals surface area contributed by atoms with Gasteiger partial charge in [-0.2, -0.15) is 0 Å². The van der Waals surface area contributed by atoms with Gasteiger partial charge in [-0.15, -0.1) is 0 Å². The molecule has 2 aliphatic heterocycles. The molecule has 8 heteroatoms. The first kappa shape index (κ1) is 20.9. The van der Waals surface area contributed by atoms with Crippen molar-refractivity contribution in [3.63, 3.8) is 0 Å². The summed E-state index contributed by atoms with van der Waals surface area (Å²) in [5, 5.41) is 5.58. The van der Waals surface area contributed by atoms with Crippen molar-refractivity contribution in [3.8, 4) is 0 Å². The Labute approximate surface area is 170 Å². The van der Waals surface area contributed by atoms with Crippen LogP contribution in [0.2, 0.25) is 0 Å². The number of esters is 2. The Morgan fingerprint density at radius 3 is 2.69 bits per heavy atom. The Balaban J connectivity index is 1.87. The molecule has 3 rings (SSSR count). The van der Waals surface area contributed by atoms with Crippen LogP contribution in [-0.2, 0) is 19.1 Å². The largest absolute Gasteiger partial charge is 0.466 e. The standard InChI is InChI=1S/C21H27N3O5/c1-3-29-19(25)15-10-7-11-24(12-15)13-16-17(20(26)28-2)18(23-21(27)22-16)14-8-5-4-6-9-14/h4-6,8-9,15,18H,3,7,10-13H2,1-2H3,(H2,22,23,27)/t15-,18-/m0/s1. The number of nitrogens with one attached hydrogen (secondary N) is 2. The Hall–Kier alpha value is -2.87. The molecule has 29 heavy (non-hydrogen) atoms. The van der Waals surface area contributed by atoms with Gasteiger partial charge in [0.1, 0.15) is 0 Å². The maximum atomic E-state index is 12.6. The summed E-state index contributed by atoms with van der Waals surface area (Å²) in [4.78, 5) is 39.1. The van der Waals surface area contributed by atoms with Crippen LogP contribution in [0.4, 0.5) is 4.79 Å². The van der Waals surface area contributed by atoms with Crippen LogP contribution < -0.4 is 10.6 Å². The van der Waals surface area contributed by atoms with Crippen LogP contribution in [0.5, 0.6) is 0 Å². The van der Waals surface area contributed by atoms with E-state index in [1.165, 1.54) is 7.11 Å². The van der Waals surface area contributed by atoms with Crippen LogP contribution in [0.15, 0.2) is 41.6 Å². The fourth-order valence-electron chi connectivity index (χ4n) is 3.86. The molecule has 2 heterocycles. The van der Waals surface area contributed by atoms with Crippen LogP contribution in [0.1, 0.15) is 31.4 Å². The lowest BCUT2D eigenvalue weighted by molar-refractivity contribution is -0.150. The smallest absolute Gasteiger partial charge is 0.338 e. The second-order valence-electron chi connectivity index (χ2n) is 7.15. The molecule has 156 valence electrons. The summed E-state index contributed by atoms with van der Waals surface area (Å²) in [6, 6.07) is 8.32. The van der Waals surface area contributed by atoms with E-state index in [9.17, 15) is 14.4 Å². The quantitative estimate of drug-likeness (QED) is 0.705. The van der Waals surface area contributed by atoms with Crippen LogP contribution >= 0.6 is 0 Å². The number of amides is 2. The molecule has 2 atom stereocenters. The number of hydrogen-bond donors (Lipinski definition) is 2. The van der Waals surface area contributed by atoms with Gasteiger partial charge in [-0.05, 0) is 31.9 Å². The van der Waals surface area contributed by atoms with Crippen molar-refractivity contribution in [2.45, 2.75) is 25.8 Å². The normalized spacial score (nSPS) is 22.5. The van der Waals surface area contributed by atoms with Crippen molar-refractivity contribution >= 4 is 18.0 Å². The molecule has 1 saturated heterocycles. The summed E-state index contributed by atoms with van der Waals surface area (Å²) in [7, 11) is 1.32. The van der Waals surface area contributed by atoms with E-state index >= 15 is 0 Å². The van der Waals surface area contributed by atoms with Gasteiger partial charge in [0.15, 0.2) is 0 Å². The highest BCUT2D eigenvalue weighted by molar-refractivity contribution is 5.95. The van der Waals surface area contributed by atoms with Gasteiger partial charge in [0, 0.05) is 18.8 Å². The topological polar surface area (TPSA) is 97.0 Å². The molecular weight excluding hydrogens is 374 g/mol. The number of benzene rings is 1. The van der Waals surface area contributed by atoms with E-state index in [1.54, 1.807) is 6.92 Å². The van der Waals surface area contributed by atoms with Gasteiger partial charge in [-0.25, -0.2) is 9.59 Å². The molecule has 1 aromatic rings. The molecule has 0 aliphatic carbocycles. The lowest BCUT2D eigenvalue weighted by Gasteiger charge is -2.35. The first-order chi connectivity index (χ1) is 14.0. The van der Waals surface area contributed by atoms with Gasteiger partial charge in [0.05, 0.1) is 31.2 Å². The minimum absolute atomic E-state index is 0.198. The van der Waals surface area contributed by atoms with Crippen molar-refractivity contribution < 1.29 is 23.9 Å². The second-order valence-corrected chi connectivity index (χ2v) is 7.15. The molecule has 2 aliphatic rings. The lowest BCUT2D eigenvalue weighted by Crippen LogP contribution is -2.49. The highest BCUT2D eigenvalue weighted by atomic mass is 16.5. The van der Waals surface area contributed by atoms with Gasteiger partial charge in [-0.3, -0.25) is 9.69 Å². The molecule has 2 amide bonds. The summed E-state index contributed by atoms with van der Waals surface area (Å²) in [6.07, 6.45) is 1.62. The zero-order valence-electron chi connectivity index (χ0n) is 16.8. The summed E-state index contributed by atoms with van der Waals surface area (Å²) in [6.45, 7) is 3.79. The maximum Gasteiger partial charge on any atom is 0.338 e. The van der Waals surface area contributed by atoms with Crippen molar-refractivity contribution in [1.82, 2.24) is 15.5 Å². The third kappa shape index (κ3) is 4.95. The van der Waals surface area contributed by atoms with E-state index in [0.29, 0.717) is 31.0 Å². The van der Waals surface area contributed by atoms with Crippen LogP contribution in [-0.4, -0.2) is 56.2 Å². The number of piperidine rings is 1. The van der Waals surface area contributed by atoms with Crippen molar-refractivity contribution in [2.24, 2.45) is 5.92 Å². The predicted octanol–water partition coefficient (Wildman–Crippen LogP) is 1.74. The van der Waals surface area contributed by atoms with Gasteiger partial charge < -0.3 is 20.1 Å². The van der Waals surface area contributed by atoms with Crippen molar-refractivity contribution in [3.05, 3.63) is 47.2 Å². The van der Waals surface area contributed by atoms with E-state index in [1.807, 2.05) is 30.3 Å². The minimum atomic E-state index is -0.599. The van der Waals surface area contributed by atoms with Gasteiger partial charge in [-0.1, -0.05) is 30.3 Å². The van der Waals surface area contributed by atoms with Gasteiger partial charge in [0.2, 0.25) is 0 Å². The number of carbonyl (C=O) groups is 3. The summed E-state index contributed by atoms with van der Waals surface area (Å²) < 4.78 is 10.2. The second kappa shape index (κ2) is 9.56. The Kier molecular flexibility index (Phi) is 6.87. The molecule has 0 saturated carbocycles. The molecule has 0 radical (unpaired) electrons. The zero-order chi connectivity index (χ0) is 20.8. The van der Waals surface area contributed by atoms with E-state index in [4.69, 9.17) is 9.47 Å². The molecule has 0 unspecified atom stereocenters. The fraction of sp³-hybridized carbons (Fsp3) is 0.476. The van der Waals surface area contributed by atoms with Crippen LogP contribution in [0, 0.1) is 5.92 Å². The average Bonchev–Trinajstić information content (AvgIpc) is 2.74. The van der Waals surface area contributed by atoms with Crippen LogP contribution in [0.25, 0.3) is 0 Å². The number of hydrogen-bond acceptors (Lipinski definition) is 6. The summed E-state index contributed by atoms with van der Waals surface area (Å²) in [5.74, 6) is -0.899. The van der Waals surface area contributed by atoms with E-state index in [-0.39, 0.29) is 17.9 Å². The van der Waals surface area contributed by atoms with Crippen molar-refractivity contribution in [2.75, 3.05) is 33.4 Å². The molecule has 0 aromatic heterocycles. The Morgan fingerprint density at radius 2 is 2.00 bits per heavy atom. The van der Waals surface area contributed by atoms with Crippen molar-refractivity contribution in [1.29, 1.82) is 0 Å². The zero-order valence-corrected chi connectivity index (χ0v) is 16.8. The van der Waals surface area contributed by atoms with E-state index in [0.717, 1.165) is 24.9 Å². The summed E-state index contributed by atoms with van der Waals surface area (Å²) in [5.41, 5.74) is 1.67. The molecule has 2 N–H and O–H groups in total. The first-order valence-electron chi connectivity index (χ1n) is 9.86. The van der Waals surface area contributed by atoms with Crippen LogP contribution in [0.3, 0.4) is 0 Å². The Morgan fingerprint density at radius 1 is 1.24 bits per heavy atom. The number of nitrogens with zero attached hydrogens (tertiary/aromatic N) is 1. The maximum absolute atomic E-state index is 12.6. The number of likely N-dealkylation sites (tertiary alicyclic amines) is 1. The van der Waals surface area contributed by atoms with Gasteiger partial charge >= 0.3 is 18.0 Å². The third-order valence-corrected chi connectivity index (χ3v) is 5.20. The lowest BCUT2D eigenvalue weighted by atomic mass is 9.94. The average molecular weight is 401 g/mol. The summed E-state index contributed by atoms with van der Waals surface area (Å²) >= 11 is 0. The molecule has 1 fully saturated rings. The number of carbonyl (C=O) groups excluding carboxylic acids is 3. The fourth-order valence-corrected chi connectivity index (χ4v) is 3.86. The van der Waals surface area contributed by atoms with E-state index < -0.39 is 12.0 Å². The number of rotatable bonds is 6.